The van der Waals surface area contributed by atoms with Crippen LogP contribution in [0.2, 0.25) is 0 Å². The maximum absolute atomic E-state index is 14.4. The highest BCUT2D eigenvalue weighted by atomic mass is 19.3. The van der Waals surface area contributed by atoms with Crippen LogP contribution in [-0.2, 0) is 15.6 Å². The summed E-state index contributed by atoms with van der Waals surface area (Å²) in [6.45, 7) is 6.07. The first-order valence-electron chi connectivity index (χ1n) is 7.59. The summed E-state index contributed by atoms with van der Waals surface area (Å²) >= 11 is 0. The van der Waals surface area contributed by atoms with Gasteiger partial charge in [0.2, 0.25) is 0 Å². The van der Waals surface area contributed by atoms with E-state index >= 15 is 0 Å². The Morgan fingerprint density at radius 3 is 2.48 bits per heavy atom. The molecule has 0 saturated carbocycles. The Bertz CT molecular complexity index is 517. The maximum Gasteiger partial charge on any atom is 0.383 e. The number of ether oxygens (including phenoxy) is 2. The quantitative estimate of drug-likeness (QED) is 0.815. The molecule has 2 bridgehead atoms. The molecule has 2 fully saturated rings. The van der Waals surface area contributed by atoms with Crippen LogP contribution in [0.3, 0.4) is 0 Å². The normalized spacial score (nSPS) is 35.6. The molecule has 3 atom stereocenters. The smallest absolute Gasteiger partial charge is 0.366 e. The molecule has 2 nitrogen and oxygen atoms in total. The molecule has 0 aromatic heterocycles. The zero-order valence-corrected chi connectivity index (χ0v) is 12.7. The van der Waals surface area contributed by atoms with Crippen molar-refractivity contribution in [3.05, 3.63) is 35.9 Å². The van der Waals surface area contributed by atoms with Crippen molar-refractivity contribution in [2.75, 3.05) is 0 Å². The van der Waals surface area contributed by atoms with Gasteiger partial charge in [0.1, 0.15) is 0 Å². The van der Waals surface area contributed by atoms with E-state index in [-0.39, 0.29) is 11.2 Å². The Balaban J connectivity index is 1.80. The van der Waals surface area contributed by atoms with Crippen LogP contribution >= 0.6 is 0 Å². The van der Waals surface area contributed by atoms with Crippen molar-refractivity contribution in [1.29, 1.82) is 0 Å². The van der Waals surface area contributed by atoms with E-state index in [9.17, 15) is 8.78 Å². The van der Waals surface area contributed by atoms with E-state index in [4.69, 9.17) is 9.47 Å². The molecule has 0 N–H and O–H groups in total. The molecule has 2 aliphatic rings. The summed E-state index contributed by atoms with van der Waals surface area (Å²) in [6.07, 6.45) is -1.59. The molecule has 0 spiro atoms. The summed E-state index contributed by atoms with van der Waals surface area (Å²) in [5, 5.41) is 0. The van der Waals surface area contributed by atoms with Crippen LogP contribution in [0.25, 0.3) is 0 Å². The molecule has 116 valence electrons. The number of alkyl halides is 2. The van der Waals surface area contributed by atoms with E-state index in [1.807, 2.05) is 6.92 Å². The standard InChI is InChI=1S/C17H22F2O2/c1-12(2)16-10-9-15(3,21-16)14(11-16)20-17(18,19)13-7-5-4-6-8-13/h4-8,12,14H,9-11H2,1-3H3. The second kappa shape index (κ2) is 4.75. The number of hydrogen-bond donors (Lipinski definition) is 0. The van der Waals surface area contributed by atoms with Crippen LogP contribution in [0.4, 0.5) is 8.78 Å². The van der Waals surface area contributed by atoms with Gasteiger partial charge in [-0.3, -0.25) is 0 Å². The van der Waals surface area contributed by atoms with Crippen molar-refractivity contribution in [2.45, 2.75) is 63.4 Å². The number of benzene rings is 1. The van der Waals surface area contributed by atoms with Gasteiger partial charge >= 0.3 is 6.11 Å². The average Bonchev–Trinajstić information content (AvgIpc) is 2.92. The predicted octanol–water partition coefficient (Wildman–Crippen LogP) is 4.49. The number of rotatable bonds is 4. The van der Waals surface area contributed by atoms with Crippen molar-refractivity contribution in [1.82, 2.24) is 0 Å². The van der Waals surface area contributed by atoms with Gasteiger partial charge in [0.15, 0.2) is 0 Å². The second-order valence-corrected chi connectivity index (χ2v) is 6.83. The topological polar surface area (TPSA) is 18.5 Å². The second-order valence-electron chi connectivity index (χ2n) is 6.83. The minimum absolute atomic E-state index is 0.102. The zero-order valence-electron chi connectivity index (χ0n) is 12.7. The van der Waals surface area contributed by atoms with Gasteiger partial charge in [-0.25, -0.2) is 0 Å². The van der Waals surface area contributed by atoms with Gasteiger partial charge in [-0.15, -0.1) is 0 Å². The lowest BCUT2D eigenvalue weighted by atomic mass is 9.75. The molecule has 2 aliphatic heterocycles. The van der Waals surface area contributed by atoms with Gasteiger partial charge in [-0.1, -0.05) is 44.2 Å². The highest BCUT2D eigenvalue weighted by Crippen LogP contribution is 2.56. The Hall–Kier alpha value is -1.00. The van der Waals surface area contributed by atoms with Gasteiger partial charge in [0.05, 0.1) is 22.9 Å². The lowest BCUT2D eigenvalue weighted by molar-refractivity contribution is -0.288. The fourth-order valence-corrected chi connectivity index (χ4v) is 3.61. The molecule has 3 unspecified atom stereocenters. The van der Waals surface area contributed by atoms with E-state index in [1.165, 1.54) is 12.1 Å². The number of fused-ring (bicyclic) bond motifs is 2. The Labute approximate surface area is 124 Å². The van der Waals surface area contributed by atoms with Crippen molar-refractivity contribution < 1.29 is 18.3 Å². The fraction of sp³-hybridized carbons (Fsp3) is 0.647. The number of halogens is 2. The molecule has 21 heavy (non-hydrogen) atoms. The van der Waals surface area contributed by atoms with Gasteiger partial charge in [-0.05, 0) is 25.7 Å². The van der Waals surface area contributed by atoms with Crippen LogP contribution in [0.15, 0.2) is 30.3 Å². The summed E-state index contributed by atoms with van der Waals surface area (Å²) < 4.78 is 40.1. The average molecular weight is 296 g/mol. The molecular weight excluding hydrogens is 274 g/mol. The highest BCUT2D eigenvalue weighted by molar-refractivity contribution is 5.19. The first-order chi connectivity index (χ1) is 9.78. The van der Waals surface area contributed by atoms with Crippen LogP contribution in [0.1, 0.15) is 45.6 Å². The van der Waals surface area contributed by atoms with Crippen molar-refractivity contribution in [2.24, 2.45) is 5.92 Å². The third-order valence-corrected chi connectivity index (χ3v) is 5.15. The molecule has 0 radical (unpaired) electrons. The molecule has 3 rings (SSSR count). The van der Waals surface area contributed by atoms with Crippen LogP contribution in [0, 0.1) is 5.92 Å². The van der Waals surface area contributed by atoms with Crippen molar-refractivity contribution in [3.63, 3.8) is 0 Å². The third kappa shape index (κ3) is 2.38. The largest absolute Gasteiger partial charge is 0.383 e. The molecule has 4 heteroatoms. The molecule has 0 aliphatic carbocycles. The molecule has 1 aromatic rings. The summed E-state index contributed by atoms with van der Waals surface area (Å²) in [7, 11) is 0. The molecule has 0 amide bonds. The van der Waals surface area contributed by atoms with Gasteiger partial charge in [0, 0.05) is 6.42 Å². The van der Waals surface area contributed by atoms with E-state index in [2.05, 4.69) is 13.8 Å². The highest BCUT2D eigenvalue weighted by Gasteiger charge is 2.62. The molecule has 1 aromatic carbocycles. The minimum Gasteiger partial charge on any atom is -0.366 e. The predicted molar refractivity (Wildman–Crippen MR) is 76.1 cm³/mol. The van der Waals surface area contributed by atoms with Gasteiger partial charge in [0.25, 0.3) is 0 Å². The Kier molecular flexibility index (Phi) is 3.37. The minimum atomic E-state index is -3.28. The molecule has 2 heterocycles. The number of hydrogen-bond acceptors (Lipinski definition) is 2. The van der Waals surface area contributed by atoms with E-state index in [0.717, 1.165) is 12.8 Å². The SMILES string of the molecule is CC(C)C12CCC(C)(O1)C(OC(F)(F)c1ccccc1)C2. The third-order valence-electron chi connectivity index (χ3n) is 5.15. The van der Waals surface area contributed by atoms with E-state index in [0.29, 0.717) is 12.3 Å². The summed E-state index contributed by atoms with van der Waals surface area (Å²) in [4.78, 5) is 0. The lowest BCUT2D eigenvalue weighted by Gasteiger charge is -2.33. The first kappa shape index (κ1) is 14.9. The van der Waals surface area contributed by atoms with Crippen molar-refractivity contribution >= 4 is 0 Å². The maximum atomic E-state index is 14.4. The Morgan fingerprint density at radius 1 is 1.24 bits per heavy atom. The summed E-state index contributed by atoms with van der Waals surface area (Å²) in [6, 6.07) is 7.71. The van der Waals surface area contributed by atoms with Crippen LogP contribution < -0.4 is 0 Å². The Morgan fingerprint density at radius 2 is 1.90 bits per heavy atom. The summed E-state index contributed by atoms with van der Waals surface area (Å²) in [5.74, 6) is 0.304. The van der Waals surface area contributed by atoms with E-state index < -0.39 is 17.8 Å². The molecular formula is C17H22F2O2. The molecule has 2 saturated heterocycles. The monoisotopic (exact) mass is 296 g/mol. The van der Waals surface area contributed by atoms with Gasteiger partial charge in [-0.2, -0.15) is 8.78 Å². The fourth-order valence-electron chi connectivity index (χ4n) is 3.61. The van der Waals surface area contributed by atoms with Gasteiger partial charge < -0.3 is 9.47 Å². The summed E-state index contributed by atoms with van der Waals surface area (Å²) in [5.41, 5.74) is -0.996. The van der Waals surface area contributed by atoms with Crippen molar-refractivity contribution in [3.8, 4) is 0 Å². The zero-order chi connectivity index (χ0) is 15.3. The lowest BCUT2D eigenvalue weighted by Crippen LogP contribution is -2.42. The first-order valence-corrected chi connectivity index (χ1v) is 7.59. The van der Waals surface area contributed by atoms with E-state index in [1.54, 1.807) is 18.2 Å². The van der Waals surface area contributed by atoms with Crippen LogP contribution in [-0.4, -0.2) is 17.3 Å². The van der Waals surface area contributed by atoms with Crippen LogP contribution in [0.5, 0.6) is 0 Å².